The molecule has 2 heterocycles. The van der Waals surface area contributed by atoms with Crippen LogP contribution in [0, 0.1) is 19.7 Å². The standard InChI is InChI=1S/C20H21FN4O3/c1-12-14(10-25-8-7-23-11-25)9-24-19(18(12)21)28-16-6-5-15(22-3)17(13(16)2)20(26)27-4/h5-9,11,22H,10H2,1-4H3. The number of rotatable bonds is 6. The zero-order valence-electron chi connectivity index (χ0n) is 16.1. The molecule has 2 aromatic heterocycles. The number of pyridine rings is 1. The van der Waals surface area contributed by atoms with E-state index >= 15 is 0 Å². The third-order valence-corrected chi connectivity index (χ3v) is 4.53. The summed E-state index contributed by atoms with van der Waals surface area (Å²) in [7, 11) is 3.00. The lowest BCUT2D eigenvalue weighted by atomic mass is 10.1. The predicted molar refractivity (Wildman–Crippen MR) is 102 cm³/mol. The lowest BCUT2D eigenvalue weighted by molar-refractivity contribution is 0.0600. The van der Waals surface area contributed by atoms with Crippen LogP contribution < -0.4 is 10.1 Å². The fourth-order valence-corrected chi connectivity index (χ4v) is 2.88. The van der Waals surface area contributed by atoms with Gasteiger partial charge in [0.1, 0.15) is 5.75 Å². The van der Waals surface area contributed by atoms with E-state index in [0.29, 0.717) is 34.7 Å². The summed E-state index contributed by atoms with van der Waals surface area (Å²) in [5, 5.41) is 2.94. The van der Waals surface area contributed by atoms with Gasteiger partial charge < -0.3 is 19.4 Å². The highest BCUT2D eigenvalue weighted by Crippen LogP contribution is 2.33. The van der Waals surface area contributed by atoms with E-state index in [9.17, 15) is 9.18 Å². The van der Waals surface area contributed by atoms with Crippen LogP contribution in [0.1, 0.15) is 27.0 Å². The molecule has 0 aliphatic heterocycles. The monoisotopic (exact) mass is 384 g/mol. The zero-order valence-corrected chi connectivity index (χ0v) is 16.1. The van der Waals surface area contributed by atoms with Gasteiger partial charge in [0.05, 0.1) is 25.5 Å². The molecule has 0 saturated carbocycles. The fraction of sp³-hybridized carbons (Fsp3) is 0.250. The topological polar surface area (TPSA) is 78.3 Å². The Morgan fingerprint density at radius 3 is 2.71 bits per heavy atom. The Hall–Kier alpha value is -3.42. The van der Waals surface area contributed by atoms with Gasteiger partial charge in [-0.25, -0.2) is 19.2 Å². The number of imidazole rings is 1. The van der Waals surface area contributed by atoms with Crippen LogP contribution in [-0.4, -0.2) is 34.7 Å². The van der Waals surface area contributed by atoms with Crippen molar-refractivity contribution in [2.75, 3.05) is 19.5 Å². The van der Waals surface area contributed by atoms with Crippen molar-refractivity contribution in [1.29, 1.82) is 0 Å². The Morgan fingerprint density at radius 2 is 2.07 bits per heavy atom. The number of nitrogens with one attached hydrogen (secondary N) is 1. The van der Waals surface area contributed by atoms with Crippen LogP contribution >= 0.6 is 0 Å². The SMILES string of the molecule is CNc1ccc(Oc2ncc(Cn3ccnc3)c(C)c2F)c(C)c1C(=O)OC. The minimum Gasteiger partial charge on any atom is -0.465 e. The first kappa shape index (κ1) is 19.3. The number of halogens is 1. The lowest BCUT2D eigenvalue weighted by Gasteiger charge is -2.16. The van der Waals surface area contributed by atoms with Gasteiger partial charge in [-0.3, -0.25) is 0 Å². The first-order valence-corrected chi connectivity index (χ1v) is 8.63. The quantitative estimate of drug-likeness (QED) is 0.653. The first-order valence-electron chi connectivity index (χ1n) is 8.63. The van der Waals surface area contributed by atoms with Gasteiger partial charge >= 0.3 is 5.97 Å². The van der Waals surface area contributed by atoms with Crippen LogP contribution in [0.2, 0.25) is 0 Å². The molecule has 3 rings (SSSR count). The molecule has 0 amide bonds. The number of methoxy groups -OCH3 is 1. The maximum atomic E-state index is 14.9. The van der Waals surface area contributed by atoms with Crippen molar-refractivity contribution in [2.24, 2.45) is 0 Å². The van der Waals surface area contributed by atoms with Gasteiger partial charge in [0.25, 0.3) is 5.88 Å². The largest absolute Gasteiger partial charge is 0.465 e. The average Bonchev–Trinajstić information content (AvgIpc) is 3.21. The highest BCUT2D eigenvalue weighted by atomic mass is 19.1. The van der Waals surface area contributed by atoms with Crippen molar-refractivity contribution in [1.82, 2.24) is 14.5 Å². The normalized spacial score (nSPS) is 10.6. The van der Waals surface area contributed by atoms with Crippen molar-refractivity contribution >= 4 is 11.7 Å². The third-order valence-electron chi connectivity index (χ3n) is 4.53. The molecule has 0 bridgehead atoms. The molecule has 1 N–H and O–H groups in total. The third kappa shape index (κ3) is 3.66. The second kappa shape index (κ2) is 8.08. The van der Waals surface area contributed by atoms with Crippen molar-refractivity contribution in [2.45, 2.75) is 20.4 Å². The molecule has 0 fully saturated rings. The van der Waals surface area contributed by atoms with E-state index in [4.69, 9.17) is 9.47 Å². The number of nitrogens with zero attached hydrogens (tertiary/aromatic N) is 3. The second-order valence-electron chi connectivity index (χ2n) is 6.22. The second-order valence-corrected chi connectivity index (χ2v) is 6.22. The molecule has 3 aromatic rings. The molecule has 146 valence electrons. The Balaban J connectivity index is 1.94. The number of ether oxygens (including phenoxy) is 2. The zero-order chi connectivity index (χ0) is 20.3. The smallest absolute Gasteiger partial charge is 0.340 e. The summed E-state index contributed by atoms with van der Waals surface area (Å²) in [6.07, 6.45) is 6.69. The van der Waals surface area contributed by atoms with Crippen LogP contribution in [0.5, 0.6) is 11.6 Å². The highest BCUT2D eigenvalue weighted by molar-refractivity contribution is 5.98. The fourth-order valence-electron chi connectivity index (χ4n) is 2.88. The first-order chi connectivity index (χ1) is 13.5. The number of carbonyl (C=O) groups is 1. The molecule has 0 spiro atoms. The van der Waals surface area contributed by atoms with Gasteiger partial charge in [-0.05, 0) is 37.1 Å². The lowest BCUT2D eigenvalue weighted by Crippen LogP contribution is -2.09. The Labute approximate surface area is 162 Å². The summed E-state index contributed by atoms with van der Waals surface area (Å²) in [5.41, 5.74) is 2.62. The van der Waals surface area contributed by atoms with Gasteiger partial charge in [-0.1, -0.05) is 0 Å². The molecular weight excluding hydrogens is 363 g/mol. The van der Waals surface area contributed by atoms with Crippen LogP contribution in [-0.2, 0) is 11.3 Å². The summed E-state index contributed by atoms with van der Waals surface area (Å²) in [6.45, 7) is 3.84. The molecule has 0 aliphatic rings. The van der Waals surface area contributed by atoms with E-state index < -0.39 is 11.8 Å². The molecule has 0 atom stereocenters. The average molecular weight is 384 g/mol. The minimum absolute atomic E-state index is 0.150. The molecular formula is C20H21FN4O3. The number of anilines is 1. The van der Waals surface area contributed by atoms with E-state index in [1.165, 1.54) is 7.11 Å². The van der Waals surface area contributed by atoms with Gasteiger partial charge in [-0.2, -0.15) is 0 Å². The number of aromatic nitrogens is 3. The van der Waals surface area contributed by atoms with Crippen LogP contribution in [0.15, 0.2) is 37.1 Å². The number of hydrogen-bond acceptors (Lipinski definition) is 6. The number of benzene rings is 1. The summed E-state index contributed by atoms with van der Waals surface area (Å²) < 4.78 is 27.2. The van der Waals surface area contributed by atoms with E-state index in [2.05, 4.69) is 15.3 Å². The van der Waals surface area contributed by atoms with Gasteiger partial charge in [0.15, 0.2) is 5.82 Å². The van der Waals surface area contributed by atoms with E-state index in [-0.39, 0.29) is 5.88 Å². The summed E-state index contributed by atoms with van der Waals surface area (Å²) >= 11 is 0. The van der Waals surface area contributed by atoms with Gasteiger partial charge in [-0.15, -0.1) is 0 Å². The molecule has 28 heavy (non-hydrogen) atoms. The number of esters is 1. The Bertz CT molecular complexity index is 1000. The molecule has 0 radical (unpaired) electrons. The summed E-state index contributed by atoms with van der Waals surface area (Å²) in [4.78, 5) is 20.2. The molecule has 7 nitrogen and oxygen atoms in total. The van der Waals surface area contributed by atoms with Crippen molar-refractivity contribution in [3.63, 3.8) is 0 Å². The number of carbonyl (C=O) groups excluding carboxylic acids is 1. The molecule has 0 saturated heterocycles. The van der Waals surface area contributed by atoms with E-state index in [0.717, 1.165) is 5.56 Å². The van der Waals surface area contributed by atoms with E-state index in [1.54, 1.807) is 57.9 Å². The molecule has 0 aliphatic carbocycles. The van der Waals surface area contributed by atoms with Crippen LogP contribution in [0.3, 0.4) is 0 Å². The van der Waals surface area contributed by atoms with Crippen LogP contribution in [0.25, 0.3) is 0 Å². The maximum absolute atomic E-state index is 14.9. The molecule has 1 aromatic carbocycles. The van der Waals surface area contributed by atoms with Crippen molar-refractivity contribution in [3.8, 4) is 11.6 Å². The van der Waals surface area contributed by atoms with Gasteiger partial charge in [0, 0.05) is 36.9 Å². The highest BCUT2D eigenvalue weighted by Gasteiger charge is 2.20. The minimum atomic E-state index is -0.547. The van der Waals surface area contributed by atoms with Crippen molar-refractivity contribution < 1.29 is 18.7 Å². The maximum Gasteiger partial charge on any atom is 0.340 e. The van der Waals surface area contributed by atoms with Gasteiger partial charge in [0.2, 0.25) is 0 Å². The van der Waals surface area contributed by atoms with Crippen molar-refractivity contribution in [3.05, 3.63) is 65.1 Å². The van der Waals surface area contributed by atoms with Crippen LogP contribution in [0.4, 0.5) is 10.1 Å². The van der Waals surface area contributed by atoms with E-state index in [1.807, 2.05) is 4.57 Å². The molecule has 8 heteroatoms. The molecule has 0 unspecified atom stereocenters. The predicted octanol–water partition coefficient (Wildman–Crippen LogP) is 3.70. The summed E-state index contributed by atoms with van der Waals surface area (Å²) in [6, 6.07) is 3.33. The number of hydrogen-bond donors (Lipinski definition) is 1. The Kier molecular flexibility index (Phi) is 5.58. The Morgan fingerprint density at radius 1 is 1.29 bits per heavy atom. The summed E-state index contributed by atoms with van der Waals surface area (Å²) in [5.74, 6) is -0.877.